The van der Waals surface area contributed by atoms with E-state index in [1.54, 1.807) is 60.0 Å². The number of alkyl halides is 6. The number of ether oxygens (including phenoxy) is 1. The minimum Gasteiger partial charge on any atom is -0.492 e. The van der Waals surface area contributed by atoms with Crippen LogP contribution in [0.3, 0.4) is 0 Å². The predicted octanol–water partition coefficient (Wildman–Crippen LogP) is 6.15. The summed E-state index contributed by atoms with van der Waals surface area (Å²) >= 11 is 5.70. The summed E-state index contributed by atoms with van der Waals surface area (Å²) in [5.74, 6) is -1.44. The molecule has 13 nitrogen and oxygen atoms in total. The molecule has 7 rings (SSSR count). The Morgan fingerprint density at radius 3 is 2.37 bits per heavy atom. The molecule has 0 spiro atoms. The normalized spacial score (nSPS) is 21.1. The van der Waals surface area contributed by atoms with Crippen LogP contribution >= 0.6 is 12.2 Å². The van der Waals surface area contributed by atoms with Crippen LogP contribution in [0.1, 0.15) is 62.1 Å². The average Bonchev–Trinajstić information content (AvgIpc) is 4.03. The lowest BCUT2D eigenvalue weighted by atomic mass is 10.0. The highest BCUT2D eigenvalue weighted by atomic mass is 32.1. The van der Waals surface area contributed by atoms with Gasteiger partial charge in [-0.15, -0.1) is 0 Å². The summed E-state index contributed by atoms with van der Waals surface area (Å²) in [7, 11) is 0. The van der Waals surface area contributed by atoms with Crippen LogP contribution in [0.5, 0.6) is 5.75 Å². The second-order valence-corrected chi connectivity index (χ2v) is 16.5. The molecule has 62 heavy (non-hydrogen) atoms. The van der Waals surface area contributed by atoms with Crippen molar-refractivity contribution in [3.8, 4) is 11.8 Å². The van der Waals surface area contributed by atoms with Crippen LogP contribution in [0.25, 0.3) is 0 Å². The van der Waals surface area contributed by atoms with E-state index in [0.29, 0.717) is 22.8 Å². The minimum atomic E-state index is -4.85. The Kier molecular flexibility index (Phi) is 12.3. The fraction of sp³-hybridized carbons (Fsp3) is 0.429. The molecule has 3 aromatic carbocycles. The Morgan fingerprint density at radius 2 is 1.69 bits per heavy atom. The molecule has 3 aliphatic heterocycles. The first-order valence-electron chi connectivity index (χ1n) is 19.8. The van der Waals surface area contributed by atoms with Gasteiger partial charge in [-0.25, -0.2) is 0 Å². The van der Waals surface area contributed by atoms with E-state index in [-0.39, 0.29) is 61.7 Å². The van der Waals surface area contributed by atoms with Gasteiger partial charge in [0.15, 0.2) is 5.11 Å². The van der Waals surface area contributed by atoms with Crippen molar-refractivity contribution in [3.05, 3.63) is 77.4 Å². The number of halogens is 6. The number of carbonyl (C=O) groups is 4. The van der Waals surface area contributed by atoms with Gasteiger partial charge in [-0.2, -0.15) is 31.6 Å². The number of benzene rings is 3. The van der Waals surface area contributed by atoms with Crippen LogP contribution in [-0.2, 0) is 25.4 Å². The summed E-state index contributed by atoms with van der Waals surface area (Å²) < 4.78 is 90.8. The molecule has 1 saturated carbocycles. The van der Waals surface area contributed by atoms with Gasteiger partial charge in [0.05, 0.1) is 29.4 Å². The maximum absolute atomic E-state index is 14.4. The number of hydrogen-bond acceptors (Lipinski definition) is 10. The van der Waals surface area contributed by atoms with Crippen LogP contribution in [0, 0.1) is 11.3 Å². The summed E-state index contributed by atoms with van der Waals surface area (Å²) in [5, 5.41) is 17.1. The van der Waals surface area contributed by atoms with Crippen molar-refractivity contribution in [1.29, 1.82) is 5.26 Å². The molecule has 3 aromatic rings. The van der Waals surface area contributed by atoms with Crippen molar-refractivity contribution in [3.63, 3.8) is 0 Å². The first-order valence-corrected chi connectivity index (χ1v) is 20.3. The molecule has 3 saturated heterocycles. The molecular weight excluding hydrogens is 843 g/mol. The fourth-order valence-corrected chi connectivity index (χ4v) is 8.47. The third-order valence-corrected chi connectivity index (χ3v) is 11.7. The van der Waals surface area contributed by atoms with E-state index in [9.17, 15) is 50.8 Å². The molecule has 0 bridgehead atoms. The Labute approximate surface area is 357 Å². The van der Waals surface area contributed by atoms with Crippen molar-refractivity contribution in [2.45, 2.75) is 75.4 Å². The monoisotopic (exact) mass is 884 g/mol. The summed E-state index contributed by atoms with van der Waals surface area (Å²) in [6.07, 6.45) is -7.34. The van der Waals surface area contributed by atoms with E-state index in [1.165, 1.54) is 12.1 Å². The number of carbonyl (C=O) groups excluding carboxylic acids is 4. The van der Waals surface area contributed by atoms with E-state index in [1.807, 2.05) is 6.07 Å². The number of anilines is 4. The number of imide groups is 1. The van der Waals surface area contributed by atoms with Crippen LogP contribution in [0.2, 0.25) is 0 Å². The van der Waals surface area contributed by atoms with Gasteiger partial charge >= 0.3 is 12.4 Å². The van der Waals surface area contributed by atoms with Crippen LogP contribution in [0.15, 0.2) is 60.7 Å². The number of rotatable bonds is 12. The summed E-state index contributed by atoms with van der Waals surface area (Å²) in [6, 6.07) is 13.5. The number of hydrogen-bond donors (Lipinski definition) is 3. The first-order chi connectivity index (χ1) is 29.2. The quantitative estimate of drug-likeness (QED) is 0.109. The Morgan fingerprint density at radius 1 is 0.968 bits per heavy atom. The zero-order valence-electron chi connectivity index (χ0n) is 33.5. The van der Waals surface area contributed by atoms with Gasteiger partial charge < -0.3 is 20.3 Å². The van der Waals surface area contributed by atoms with E-state index in [4.69, 9.17) is 17.0 Å². The standard InChI is InChI=1S/C42H42F6N8O5S/c1-40(2)38(60)55(28-9-8-25(21-49)31(20-28)41(43,44)45)39(62)56(40)29-10-12-33(30(19-29)24-6-7-24)61-17-16-53-14-15-54(34(22-53)42(46,47)48)23-36(58)51-27-5-3-4-26(18-27)50-32-11-13-35(57)52-37(32)59/h3-5,8-10,12,18-20,24,32,34,50H,6-7,11,13-17,22-23H2,1-2H3,(H,51,58)(H,52,57,59)/t32?,34-/m0/s1. The lowest BCUT2D eigenvalue weighted by molar-refractivity contribution is -0.197. The lowest BCUT2D eigenvalue weighted by Gasteiger charge is -2.41. The highest BCUT2D eigenvalue weighted by molar-refractivity contribution is 7.81. The molecule has 328 valence electrons. The molecule has 4 amide bonds. The van der Waals surface area contributed by atoms with E-state index >= 15 is 0 Å². The maximum atomic E-state index is 14.4. The molecule has 4 fully saturated rings. The number of thiocarbonyl (C=S) groups is 1. The predicted molar refractivity (Wildman–Crippen MR) is 219 cm³/mol. The first kappa shape index (κ1) is 44.3. The number of piperidine rings is 1. The smallest absolute Gasteiger partial charge is 0.417 e. The van der Waals surface area contributed by atoms with Crippen LogP contribution < -0.4 is 30.5 Å². The number of nitriles is 1. The minimum absolute atomic E-state index is 0.0437. The fourth-order valence-electron chi connectivity index (χ4n) is 7.95. The zero-order chi connectivity index (χ0) is 44.7. The second-order valence-electron chi connectivity index (χ2n) is 16.1. The molecule has 2 atom stereocenters. The van der Waals surface area contributed by atoms with Gasteiger partial charge in [-0.1, -0.05) is 6.07 Å². The van der Waals surface area contributed by atoms with Gasteiger partial charge in [-0.05, 0) is 111 Å². The number of nitrogens with one attached hydrogen (secondary N) is 3. The summed E-state index contributed by atoms with van der Waals surface area (Å²) in [4.78, 5) is 55.7. The van der Waals surface area contributed by atoms with E-state index in [2.05, 4.69) is 16.0 Å². The molecule has 3 N–H and O–H groups in total. The van der Waals surface area contributed by atoms with Crippen molar-refractivity contribution in [2.24, 2.45) is 0 Å². The lowest BCUT2D eigenvalue weighted by Crippen LogP contribution is -2.60. The molecular formula is C42H42F6N8O5S. The summed E-state index contributed by atoms with van der Waals surface area (Å²) in [5.41, 5.74) is -1.13. The molecule has 3 heterocycles. The average molecular weight is 885 g/mol. The SMILES string of the molecule is CC1(C)C(=O)N(c2ccc(C#N)c(C(F)(F)F)c2)C(=S)N1c1ccc(OCCN2CCN(CC(=O)Nc3cccc(NC4CCC(=O)NC4=O)c3)[C@H](C(F)(F)F)C2)c(C2CC2)c1. The molecule has 0 radical (unpaired) electrons. The van der Waals surface area contributed by atoms with Gasteiger partial charge in [-0.3, -0.25) is 39.2 Å². The summed E-state index contributed by atoms with van der Waals surface area (Å²) in [6.45, 7) is 2.69. The Bertz CT molecular complexity index is 2330. The molecule has 4 aliphatic rings. The van der Waals surface area contributed by atoms with Gasteiger partial charge in [0.2, 0.25) is 17.7 Å². The van der Waals surface area contributed by atoms with Crippen molar-refractivity contribution < 1.29 is 50.3 Å². The topological polar surface area (TPSA) is 150 Å². The number of nitrogens with zero attached hydrogens (tertiary/aromatic N) is 5. The Hall–Kier alpha value is -5.78. The third-order valence-electron chi connectivity index (χ3n) is 11.3. The highest BCUT2D eigenvalue weighted by Gasteiger charge is 2.51. The Balaban J connectivity index is 0.970. The van der Waals surface area contributed by atoms with Crippen molar-refractivity contribution in [2.75, 3.05) is 59.8 Å². The molecule has 1 aliphatic carbocycles. The van der Waals surface area contributed by atoms with Crippen molar-refractivity contribution in [1.82, 2.24) is 15.1 Å². The molecule has 0 aromatic heterocycles. The number of piperazine rings is 1. The molecule has 1 unspecified atom stereocenters. The molecule has 20 heteroatoms. The highest BCUT2D eigenvalue weighted by Crippen LogP contribution is 2.47. The van der Waals surface area contributed by atoms with E-state index < -0.39 is 71.9 Å². The van der Waals surface area contributed by atoms with Gasteiger partial charge in [0.1, 0.15) is 30.0 Å². The van der Waals surface area contributed by atoms with Gasteiger partial charge in [0.25, 0.3) is 5.91 Å². The second kappa shape index (κ2) is 17.2. The third kappa shape index (κ3) is 9.49. The van der Waals surface area contributed by atoms with Crippen LogP contribution in [0.4, 0.5) is 49.1 Å². The maximum Gasteiger partial charge on any atom is 0.417 e. The van der Waals surface area contributed by atoms with Crippen LogP contribution in [-0.4, -0.2) is 102 Å². The number of amides is 4. The van der Waals surface area contributed by atoms with Gasteiger partial charge in [0, 0.05) is 49.7 Å². The van der Waals surface area contributed by atoms with Crippen molar-refractivity contribution >= 4 is 63.7 Å². The van der Waals surface area contributed by atoms with E-state index in [0.717, 1.165) is 40.3 Å². The largest absolute Gasteiger partial charge is 0.492 e. The zero-order valence-corrected chi connectivity index (χ0v) is 34.3.